The molecule has 0 N–H and O–H groups in total. The lowest BCUT2D eigenvalue weighted by Crippen LogP contribution is -2.12. The number of benzene rings is 8. The molecule has 12 rings (SSSR count). The molecular weight excluding hydrogens is 755 g/mol. The summed E-state index contributed by atoms with van der Waals surface area (Å²) in [5, 5.41) is 5.27. The van der Waals surface area contributed by atoms with Crippen molar-refractivity contribution in [3.05, 3.63) is 205 Å². The summed E-state index contributed by atoms with van der Waals surface area (Å²) in [7, 11) is -3.98. The molecule has 0 radical (unpaired) electrons. The molecule has 0 spiro atoms. The van der Waals surface area contributed by atoms with Crippen LogP contribution in [-0.4, -0.2) is 21.5 Å². The maximum absolute atomic E-state index is 14.8. The molecule has 286 valence electrons. The molecule has 11 aromatic rings. The largest absolute Gasteiger partial charge is 0.313 e. The van der Waals surface area contributed by atoms with Crippen LogP contribution >= 0.6 is 0 Å². The van der Waals surface area contributed by atoms with E-state index >= 15 is 0 Å². The third-order valence-electron chi connectivity index (χ3n) is 12.3. The third kappa shape index (κ3) is 5.21. The number of para-hydroxylation sites is 1. The van der Waals surface area contributed by atoms with Crippen molar-refractivity contribution in [1.29, 1.82) is 0 Å². The molecule has 0 bridgehead atoms. The molecule has 1 aliphatic carbocycles. The summed E-state index contributed by atoms with van der Waals surface area (Å²) in [6.07, 6.45) is 6.39. The number of aromatic nitrogens is 3. The van der Waals surface area contributed by atoms with Crippen LogP contribution in [0.5, 0.6) is 0 Å². The molecule has 6 heteroatoms. The van der Waals surface area contributed by atoms with Crippen LogP contribution in [-0.2, 0) is 16.4 Å². The van der Waals surface area contributed by atoms with Crippen molar-refractivity contribution in [3.8, 4) is 33.6 Å². The van der Waals surface area contributed by atoms with Gasteiger partial charge in [-0.1, -0.05) is 133 Å². The first kappa shape index (κ1) is 34.6. The predicted octanol–water partition coefficient (Wildman–Crippen LogP) is 13.4. The van der Waals surface area contributed by atoms with Gasteiger partial charge in [-0.15, -0.1) is 0 Å². The highest BCUT2D eigenvalue weighted by atomic mass is 32.2. The van der Waals surface area contributed by atoms with E-state index in [0.717, 1.165) is 79.0 Å². The van der Waals surface area contributed by atoms with Crippen molar-refractivity contribution in [1.82, 2.24) is 13.1 Å². The van der Waals surface area contributed by atoms with Gasteiger partial charge in [0.15, 0.2) is 0 Å². The second-order valence-electron chi connectivity index (χ2n) is 15.7. The maximum atomic E-state index is 14.8. The van der Waals surface area contributed by atoms with Gasteiger partial charge in [-0.25, -0.2) is 12.4 Å². The Hall–Kier alpha value is -7.41. The summed E-state index contributed by atoms with van der Waals surface area (Å²) in [6.45, 7) is 0. The molecule has 0 atom stereocenters. The van der Waals surface area contributed by atoms with Gasteiger partial charge in [-0.3, -0.25) is 0 Å². The zero-order valence-corrected chi connectivity index (χ0v) is 33.3. The lowest BCUT2D eigenvalue weighted by atomic mass is 10.00. The summed E-state index contributed by atoms with van der Waals surface area (Å²) >= 11 is 0. The third-order valence-corrected chi connectivity index (χ3v) is 14.1. The smallest absolute Gasteiger partial charge is 0.268 e. The van der Waals surface area contributed by atoms with Gasteiger partial charge in [0.25, 0.3) is 10.0 Å². The van der Waals surface area contributed by atoms with Crippen molar-refractivity contribution < 1.29 is 8.42 Å². The number of allylic oxidation sites excluding steroid dienone is 1. The van der Waals surface area contributed by atoms with Crippen molar-refractivity contribution in [2.24, 2.45) is 0 Å². The van der Waals surface area contributed by atoms with Gasteiger partial charge >= 0.3 is 0 Å². The van der Waals surface area contributed by atoms with Crippen molar-refractivity contribution in [3.63, 3.8) is 0 Å². The fraction of sp³-hybridized carbons (Fsp3) is 0.0370. The molecule has 3 aromatic heterocycles. The molecule has 0 saturated carbocycles. The molecule has 5 nitrogen and oxygen atoms in total. The second kappa shape index (κ2) is 13.3. The molecule has 0 fully saturated rings. The Morgan fingerprint density at radius 3 is 1.58 bits per heavy atom. The topological polar surface area (TPSA) is 48.9 Å². The Morgan fingerprint density at radius 1 is 0.400 bits per heavy atom. The van der Waals surface area contributed by atoms with Gasteiger partial charge in [0.2, 0.25) is 0 Å². The molecule has 3 heterocycles. The monoisotopic (exact) mass is 791 g/mol. The number of hydrogen-bond donors (Lipinski definition) is 0. The van der Waals surface area contributed by atoms with E-state index in [1.54, 1.807) is 28.2 Å². The highest BCUT2D eigenvalue weighted by Gasteiger charge is 2.26. The minimum absolute atomic E-state index is 0.249. The van der Waals surface area contributed by atoms with Crippen molar-refractivity contribution in [2.45, 2.75) is 17.7 Å². The van der Waals surface area contributed by atoms with E-state index in [0.29, 0.717) is 11.0 Å². The number of fused-ring (bicyclic) bond motifs is 9. The van der Waals surface area contributed by atoms with Crippen LogP contribution in [0.1, 0.15) is 17.7 Å². The lowest BCUT2D eigenvalue weighted by Gasteiger charge is -2.14. The molecule has 0 amide bonds. The Bertz CT molecular complexity index is 3650. The average Bonchev–Trinajstić information content (AvgIpc) is 3.94. The van der Waals surface area contributed by atoms with Gasteiger partial charge in [0.05, 0.1) is 32.5 Å². The Balaban J connectivity index is 1.14. The fourth-order valence-electron chi connectivity index (χ4n) is 9.58. The zero-order chi connectivity index (χ0) is 40.0. The highest BCUT2D eigenvalue weighted by Crippen LogP contribution is 2.41. The van der Waals surface area contributed by atoms with E-state index in [4.69, 9.17) is 0 Å². The fourth-order valence-corrected chi connectivity index (χ4v) is 11.1. The van der Waals surface area contributed by atoms with Gasteiger partial charge in [-0.2, -0.15) is 0 Å². The quantitative estimate of drug-likeness (QED) is 0.168. The molecule has 0 unspecified atom stereocenters. The lowest BCUT2D eigenvalue weighted by molar-refractivity contribution is 0.590. The summed E-state index contributed by atoms with van der Waals surface area (Å²) in [4.78, 5) is 0.249. The molecule has 8 aromatic carbocycles. The van der Waals surface area contributed by atoms with E-state index in [9.17, 15) is 8.42 Å². The first-order valence-electron chi connectivity index (χ1n) is 20.4. The Kier molecular flexibility index (Phi) is 7.68. The van der Waals surface area contributed by atoms with Crippen LogP contribution in [0.25, 0.3) is 94.2 Å². The summed E-state index contributed by atoms with van der Waals surface area (Å²) in [5.74, 6) is 0. The van der Waals surface area contributed by atoms with Crippen LogP contribution < -0.4 is 0 Å². The summed E-state index contributed by atoms with van der Waals surface area (Å²) in [6, 6.07) is 64.2. The van der Waals surface area contributed by atoms with E-state index in [1.165, 1.54) is 22.2 Å². The van der Waals surface area contributed by atoms with Gasteiger partial charge in [-0.05, 0) is 102 Å². The SMILES string of the molecule is O=S(=O)(c1ccccc1)n1c2ccc(-n3c4c(c5ccc(-c6ccccc6)cc53)C=CCC4)cc2c2cc(-n3c4ccccc4c4ccc(-c5ccccc5)cc43)ccc21. The standard InChI is InChI=1S/C54H37N3O2S/c58-60(59,42-18-8-3-9-19-42)57-51-30-26-40(55-49-22-12-10-20-43(49)45-28-24-38(32-53(45)55)36-14-4-1-5-15-36)34-47(51)48-35-41(27-31-52(48)57)56-50-23-13-11-21-44(50)46-29-25-39(33-54(46)56)37-16-6-2-7-17-37/h1-12,14-22,24-35H,13,23H2. The van der Waals surface area contributed by atoms with Crippen LogP contribution in [0.2, 0.25) is 0 Å². The summed E-state index contributed by atoms with van der Waals surface area (Å²) in [5.41, 5.74) is 13.7. The molecule has 0 aliphatic heterocycles. The predicted molar refractivity (Wildman–Crippen MR) is 248 cm³/mol. The van der Waals surface area contributed by atoms with E-state index in [2.05, 4.69) is 155 Å². The summed E-state index contributed by atoms with van der Waals surface area (Å²) < 4.78 is 35.8. The van der Waals surface area contributed by atoms with Gasteiger partial charge in [0, 0.05) is 49.6 Å². The van der Waals surface area contributed by atoms with Crippen LogP contribution in [0.3, 0.4) is 0 Å². The highest BCUT2D eigenvalue weighted by molar-refractivity contribution is 7.90. The van der Waals surface area contributed by atoms with Gasteiger partial charge < -0.3 is 9.13 Å². The van der Waals surface area contributed by atoms with Crippen molar-refractivity contribution >= 4 is 70.6 Å². The zero-order valence-electron chi connectivity index (χ0n) is 32.5. The normalized spacial score (nSPS) is 12.9. The second-order valence-corrected chi connectivity index (χ2v) is 17.5. The van der Waals surface area contributed by atoms with Crippen molar-refractivity contribution in [2.75, 3.05) is 0 Å². The molecular formula is C54H37N3O2S. The molecule has 60 heavy (non-hydrogen) atoms. The number of nitrogens with zero attached hydrogens (tertiary/aromatic N) is 3. The molecule has 0 saturated heterocycles. The maximum Gasteiger partial charge on any atom is 0.268 e. The van der Waals surface area contributed by atoms with E-state index < -0.39 is 10.0 Å². The number of hydrogen-bond acceptors (Lipinski definition) is 2. The van der Waals surface area contributed by atoms with E-state index in [1.807, 2.05) is 30.3 Å². The van der Waals surface area contributed by atoms with Crippen LogP contribution in [0.4, 0.5) is 0 Å². The Morgan fingerprint density at radius 2 is 0.933 bits per heavy atom. The average molecular weight is 792 g/mol. The van der Waals surface area contributed by atoms with E-state index in [-0.39, 0.29) is 4.90 Å². The Labute approximate surface area is 347 Å². The van der Waals surface area contributed by atoms with Crippen LogP contribution in [0, 0.1) is 0 Å². The first-order valence-corrected chi connectivity index (χ1v) is 21.8. The van der Waals surface area contributed by atoms with Gasteiger partial charge in [0.1, 0.15) is 0 Å². The minimum Gasteiger partial charge on any atom is -0.313 e. The molecule has 1 aliphatic rings. The number of rotatable bonds is 6. The first-order chi connectivity index (χ1) is 29.5. The minimum atomic E-state index is -3.98. The van der Waals surface area contributed by atoms with Crippen LogP contribution in [0.15, 0.2) is 199 Å².